The number of benzene rings is 3. The molecule has 0 radical (unpaired) electrons. The SMILES string of the molecule is COc1ccc(C[N+]2(CCCOC(=O)/C=C\C(=O)OCCC[N+]3(C)CCc4cc(OC)c(OC)cc4[C@H]3Cc3ccc(OC)c(OC)c3)CCOCC2)cc1. The molecule has 1 saturated heterocycles. The van der Waals surface area contributed by atoms with E-state index in [0.29, 0.717) is 43.3 Å². The normalized spacial score (nSPS) is 18.9. The summed E-state index contributed by atoms with van der Waals surface area (Å²) in [7, 11) is 10.5. The molecule has 2 heterocycles. The zero-order chi connectivity index (χ0) is 39.3. The van der Waals surface area contributed by atoms with Crippen LogP contribution in [0.15, 0.2) is 66.7 Å². The number of esters is 2. The number of ether oxygens (including phenoxy) is 8. The number of hydrogen-bond donors (Lipinski definition) is 0. The highest BCUT2D eigenvalue weighted by Gasteiger charge is 2.40. The molecule has 1 fully saturated rings. The molecule has 55 heavy (non-hydrogen) atoms. The second-order valence-corrected chi connectivity index (χ2v) is 14.5. The van der Waals surface area contributed by atoms with Crippen molar-refractivity contribution in [3.05, 3.63) is 89.0 Å². The van der Waals surface area contributed by atoms with Gasteiger partial charge in [0.1, 0.15) is 31.4 Å². The minimum absolute atomic E-state index is 0.0922. The lowest BCUT2D eigenvalue weighted by Crippen LogP contribution is -2.55. The molecule has 0 bridgehead atoms. The maximum atomic E-state index is 12.6. The van der Waals surface area contributed by atoms with Gasteiger partial charge >= 0.3 is 11.9 Å². The van der Waals surface area contributed by atoms with Crippen molar-refractivity contribution in [1.29, 1.82) is 0 Å². The topological polar surface area (TPSA) is 108 Å². The second kappa shape index (κ2) is 19.7. The summed E-state index contributed by atoms with van der Waals surface area (Å²) in [6.07, 6.45) is 5.27. The number of carbonyl (C=O) groups is 2. The van der Waals surface area contributed by atoms with Crippen LogP contribution >= 0.6 is 0 Å². The molecule has 1 unspecified atom stereocenters. The number of nitrogens with zero attached hydrogens (tertiary/aromatic N) is 2. The number of morpholine rings is 1. The lowest BCUT2D eigenvalue weighted by Gasteiger charge is -2.46. The summed E-state index contributed by atoms with van der Waals surface area (Å²) < 4.78 is 46.0. The van der Waals surface area contributed by atoms with Crippen LogP contribution in [0.5, 0.6) is 28.7 Å². The third-order valence-electron chi connectivity index (χ3n) is 11.1. The van der Waals surface area contributed by atoms with E-state index >= 15 is 0 Å². The molecule has 0 amide bonds. The molecule has 298 valence electrons. The van der Waals surface area contributed by atoms with E-state index in [1.165, 1.54) is 16.7 Å². The Bertz CT molecular complexity index is 1750. The van der Waals surface area contributed by atoms with Gasteiger partial charge in [0.05, 0.1) is 88.7 Å². The Balaban J connectivity index is 1.12. The largest absolute Gasteiger partial charge is 0.497 e. The summed E-state index contributed by atoms with van der Waals surface area (Å²) in [5.41, 5.74) is 4.79. The second-order valence-electron chi connectivity index (χ2n) is 14.5. The van der Waals surface area contributed by atoms with Gasteiger partial charge in [-0.3, -0.25) is 0 Å². The predicted molar refractivity (Wildman–Crippen MR) is 208 cm³/mol. The van der Waals surface area contributed by atoms with Crippen LogP contribution in [-0.4, -0.2) is 123 Å². The predicted octanol–water partition coefficient (Wildman–Crippen LogP) is 5.49. The summed E-state index contributed by atoms with van der Waals surface area (Å²) in [6.45, 7) is 7.12. The standard InChI is InChI=1S/C43H58N2O10/c1-44(20-17-34-29-40(51-5)41(52-6)30-36(34)37(44)27-33-11-14-38(49-3)39(28-33)50-4)18-7-23-54-42(46)15-16-43(47)55-24-8-19-45(21-25-53-26-22-45)31-32-9-12-35(48-2)13-10-32/h9-16,28-30,37H,7-8,17-27,31H2,1-6H3/q+2/b16-15-/t37-,44?/m1/s1. The monoisotopic (exact) mass is 762 g/mol. The van der Waals surface area contributed by atoms with Crippen molar-refractivity contribution in [3.8, 4) is 28.7 Å². The number of hydrogen-bond acceptors (Lipinski definition) is 10. The molecule has 3 aromatic carbocycles. The molecular weight excluding hydrogens is 704 g/mol. The van der Waals surface area contributed by atoms with Crippen molar-refractivity contribution in [2.45, 2.75) is 38.3 Å². The van der Waals surface area contributed by atoms with Gasteiger partial charge in [-0.15, -0.1) is 0 Å². The van der Waals surface area contributed by atoms with Crippen molar-refractivity contribution in [2.75, 3.05) is 102 Å². The molecule has 2 atom stereocenters. The van der Waals surface area contributed by atoms with Crippen LogP contribution < -0.4 is 23.7 Å². The van der Waals surface area contributed by atoms with Crippen molar-refractivity contribution in [2.24, 2.45) is 0 Å². The number of methoxy groups -OCH3 is 5. The third-order valence-corrected chi connectivity index (χ3v) is 11.1. The van der Waals surface area contributed by atoms with E-state index in [1.54, 1.807) is 35.5 Å². The minimum atomic E-state index is -0.570. The average molecular weight is 763 g/mol. The van der Waals surface area contributed by atoms with Gasteiger partial charge < -0.3 is 46.9 Å². The first-order chi connectivity index (χ1) is 26.6. The van der Waals surface area contributed by atoms with Crippen LogP contribution in [-0.2, 0) is 43.2 Å². The van der Waals surface area contributed by atoms with Gasteiger partial charge in [0.15, 0.2) is 23.0 Å². The van der Waals surface area contributed by atoms with Gasteiger partial charge in [-0.1, -0.05) is 6.07 Å². The van der Waals surface area contributed by atoms with Crippen LogP contribution in [0.1, 0.15) is 41.1 Å². The summed E-state index contributed by atoms with van der Waals surface area (Å²) >= 11 is 0. The lowest BCUT2D eigenvalue weighted by atomic mass is 9.86. The fourth-order valence-electron chi connectivity index (χ4n) is 7.87. The zero-order valence-corrected chi connectivity index (χ0v) is 33.3. The first-order valence-electron chi connectivity index (χ1n) is 19.0. The van der Waals surface area contributed by atoms with Gasteiger partial charge in [0.25, 0.3) is 0 Å². The third kappa shape index (κ3) is 10.9. The van der Waals surface area contributed by atoms with Crippen LogP contribution in [0.25, 0.3) is 0 Å². The van der Waals surface area contributed by atoms with Gasteiger partial charge in [0, 0.05) is 49.0 Å². The zero-order valence-electron chi connectivity index (χ0n) is 33.3. The Labute approximate surface area is 325 Å². The van der Waals surface area contributed by atoms with Crippen LogP contribution in [0.2, 0.25) is 0 Å². The van der Waals surface area contributed by atoms with E-state index in [0.717, 1.165) is 90.3 Å². The van der Waals surface area contributed by atoms with Crippen molar-refractivity contribution in [1.82, 2.24) is 0 Å². The minimum Gasteiger partial charge on any atom is -0.497 e. The van der Waals surface area contributed by atoms with E-state index in [9.17, 15) is 9.59 Å². The van der Waals surface area contributed by atoms with Crippen LogP contribution in [0.3, 0.4) is 0 Å². The molecule has 5 rings (SSSR count). The highest BCUT2D eigenvalue weighted by molar-refractivity contribution is 5.91. The Morgan fingerprint density at radius 2 is 1.27 bits per heavy atom. The summed E-state index contributed by atoms with van der Waals surface area (Å²) in [6, 6.07) is 18.5. The molecular formula is C43H58N2O10+2. The lowest BCUT2D eigenvalue weighted by molar-refractivity contribution is -0.947. The molecule has 0 aliphatic carbocycles. The number of quaternary nitrogens is 2. The summed E-state index contributed by atoms with van der Waals surface area (Å²) in [5, 5.41) is 0. The average Bonchev–Trinajstić information content (AvgIpc) is 3.21. The fourth-order valence-corrected chi connectivity index (χ4v) is 7.87. The van der Waals surface area contributed by atoms with Gasteiger partial charge in [-0.25, -0.2) is 9.59 Å². The fraction of sp³-hybridized carbons (Fsp3) is 0.488. The first kappa shape index (κ1) is 41.4. The number of rotatable bonds is 19. The molecule has 0 saturated carbocycles. The maximum Gasteiger partial charge on any atom is 0.331 e. The number of likely N-dealkylation sites (N-methyl/N-ethyl adjacent to an activating group) is 1. The van der Waals surface area contributed by atoms with Gasteiger partial charge in [0.2, 0.25) is 0 Å². The van der Waals surface area contributed by atoms with Crippen LogP contribution in [0.4, 0.5) is 0 Å². The molecule has 0 N–H and O–H groups in total. The molecule has 12 nitrogen and oxygen atoms in total. The van der Waals surface area contributed by atoms with Gasteiger partial charge in [-0.05, 0) is 59.7 Å². The van der Waals surface area contributed by atoms with E-state index in [2.05, 4.69) is 37.4 Å². The van der Waals surface area contributed by atoms with E-state index in [4.69, 9.17) is 37.9 Å². The molecule has 12 heteroatoms. The molecule has 0 spiro atoms. The molecule has 2 aliphatic heterocycles. The van der Waals surface area contributed by atoms with Crippen LogP contribution in [0, 0.1) is 0 Å². The number of carbonyl (C=O) groups excluding carboxylic acids is 2. The Morgan fingerprint density at radius 1 is 0.691 bits per heavy atom. The van der Waals surface area contributed by atoms with Crippen molar-refractivity contribution >= 4 is 11.9 Å². The Hall–Kier alpha value is -4.78. The van der Waals surface area contributed by atoms with E-state index in [-0.39, 0.29) is 19.3 Å². The molecule has 2 aliphatic rings. The smallest absolute Gasteiger partial charge is 0.331 e. The van der Waals surface area contributed by atoms with E-state index in [1.807, 2.05) is 24.3 Å². The maximum absolute atomic E-state index is 12.6. The highest BCUT2D eigenvalue weighted by atomic mass is 16.5. The summed E-state index contributed by atoms with van der Waals surface area (Å²) in [5.74, 6) is 2.48. The number of fused-ring (bicyclic) bond motifs is 1. The highest BCUT2D eigenvalue weighted by Crippen LogP contribution is 2.43. The molecule has 0 aromatic heterocycles. The first-order valence-corrected chi connectivity index (χ1v) is 19.0. The van der Waals surface area contributed by atoms with E-state index < -0.39 is 11.9 Å². The summed E-state index contributed by atoms with van der Waals surface area (Å²) in [4.78, 5) is 25.1. The Kier molecular flexibility index (Phi) is 14.8. The molecule has 3 aromatic rings. The van der Waals surface area contributed by atoms with Gasteiger partial charge in [-0.2, -0.15) is 0 Å². The quantitative estimate of drug-likeness (QED) is 0.0674. The Morgan fingerprint density at radius 3 is 1.89 bits per heavy atom. The van der Waals surface area contributed by atoms with Crippen molar-refractivity contribution < 1.29 is 56.5 Å². The van der Waals surface area contributed by atoms with Crippen molar-refractivity contribution in [3.63, 3.8) is 0 Å².